The number of hydrogen-bond acceptors (Lipinski definition) is 0. The Bertz CT molecular complexity index is 1630. The lowest BCUT2D eigenvalue weighted by molar-refractivity contribution is 0.660. The molecule has 5 aromatic carbocycles. The molecular formula is C34H28. The van der Waals surface area contributed by atoms with Gasteiger partial charge in [-0.15, -0.1) is 0 Å². The number of fused-ring (bicyclic) bond motifs is 9. The van der Waals surface area contributed by atoms with Crippen molar-refractivity contribution in [1.82, 2.24) is 0 Å². The lowest BCUT2D eigenvalue weighted by Crippen LogP contribution is -2.15. The van der Waals surface area contributed by atoms with Crippen LogP contribution in [-0.4, -0.2) is 0 Å². The molecule has 0 amide bonds. The molecule has 164 valence electrons. The van der Waals surface area contributed by atoms with Crippen LogP contribution in [0.4, 0.5) is 0 Å². The SMILES string of the molecule is CC1(C)c2ccccc2-c2c1ccc1c3c(ccc21)C(C)(C)c1cc(-c2ccccc2)ccc1-3. The van der Waals surface area contributed by atoms with Crippen molar-refractivity contribution >= 4 is 10.8 Å². The molecule has 0 nitrogen and oxygen atoms in total. The predicted octanol–water partition coefficient (Wildman–Crippen LogP) is 9.12. The minimum absolute atomic E-state index is 0.0279. The third-order valence-corrected chi connectivity index (χ3v) is 8.49. The van der Waals surface area contributed by atoms with Gasteiger partial charge >= 0.3 is 0 Å². The van der Waals surface area contributed by atoms with Crippen LogP contribution >= 0.6 is 0 Å². The van der Waals surface area contributed by atoms with Gasteiger partial charge in [-0.05, 0) is 72.5 Å². The first-order valence-corrected chi connectivity index (χ1v) is 12.3. The van der Waals surface area contributed by atoms with Crippen LogP contribution < -0.4 is 0 Å². The lowest BCUT2D eigenvalue weighted by atomic mass is 9.80. The third-order valence-electron chi connectivity index (χ3n) is 8.49. The Hall–Kier alpha value is -3.64. The molecule has 0 heteroatoms. The van der Waals surface area contributed by atoms with E-state index in [4.69, 9.17) is 0 Å². The topological polar surface area (TPSA) is 0 Å². The largest absolute Gasteiger partial charge is 0.0622 e. The van der Waals surface area contributed by atoms with E-state index < -0.39 is 0 Å². The predicted molar refractivity (Wildman–Crippen MR) is 145 cm³/mol. The minimum Gasteiger partial charge on any atom is -0.0622 e. The van der Waals surface area contributed by atoms with Crippen LogP contribution in [0.5, 0.6) is 0 Å². The van der Waals surface area contributed by atoms with Gasteiger partial charge in [-0.3, -0.25) is 0 Å². The monoisotopic (exact) mass is 436 g/mol. The van der Waals surface area contributed by atoms with E-state index in [0.29, 0.717) is 0 Å². The molecule has 0 aromatic heterocycles. The summed E-state index contributed by atoms with van der Waals surface area (Å²) in [5, 5.41) is 2.76. The van der Waals surface area contributed by atoms with Crippen molar-refractivity contribution in [2.24, 2.45) is 0 Å². The summed E-state index contributed by atoms with van der Waals surface area (Å²) in [6.45, 7) is 9.48. The molecule has 0 atom stereocenters. The van der Waals surface area contributed by atoms with Crippen molar-refractivity contribution in [1.29, 1.82) is 0 Å². The lowest BCUT2D eigenvalue weighted by Gasteiger charge is -2.23. The summed E-state index contributed by atoms with van der Waals surface area (Å²) in [6.07, 6.45) is 0. The van der Waals surface area contributed by atoms with Gasteiger partial charge < -0.3 is 0 Å². The van der Waals surface area contributed by atoms with E-state index >= 15 is 0 Å². The standard InChI is InChI=1S/C34H28/c1-33(2)27-13-9-8-12-25(27)31-23-17-19-29-32(24(23)16-18-28(31)33)26-15-14-22(20-30(26)34(29,3)4)21-10-6-5-7-11-21/h5-20H,1-4H3. The number of hydrogen-bond donors (Lipinski definition) is 0. The van der Waals surface area contributed by atoms with E-state index in [1.165, 1.54) is 66.4 Å². The number of benzene rings is 5. The molecule has 7 rings (SSSR count). The minimum atomic E-state index is -0.0279. The Morgan fingerprint density at radius 1 is 0.412 bits per heavy atom. The Morgan fingerprint density at radius 2 is 0.971 bits per heavy atom. The van der Waals surface area contributed by atoms with Crippen LogP contribution in [-0.2, 0) is 10.8 Å². The highest BCUT2D eigenvalue weighted by atomic mass is 14.4. The average molecular weight is 437 g/mol. The van der Waals surface area contributed by atoms with E-state index in [-0.39, 0.29) is 10.8 Å². The van der Waals surface area contributed by atoms with E-state index in [1.54, 1.807) is 0 Å². The third kappa shape index (κ3) is 2.38. The van der Waals surface area contributed by atoms with Gasteiger partial charge in [0.25, 0.3) is 0 Å². The molecule has 0 fully saturated rings. The zero-order chi connectivity index (χ0) is 23.2. The van der Waals surface area contributed by atoms with Crippen molar-refractivity contribution in [3.8, 4) is 33.4 Å². The van der Waals surface area contributed by atoms with Gasteiger partial charge in [0.05, 0.1) is 0 Å². The molecule has 2 aliphatic carbocycles. The Kier molecular flexibility index (Phi) is 3.77. The van der Waals surface area contributed by atoms with Crippen LogP contribution in [0.1, 0.15) is 49.9 Å². The van der Waals surface area contributed by atoms with Gasteiger partial charge in [0, 0.05) is 10.8 Å². The molecule has 0 bridgehead atoms. The normalized spacial score (nSPS) is 16.1. The van der Waals surface area contributed by atoms with Crippen LogP contribution in [0.15, 0.2) is 97.1 Å². The van der Waals surface area contributed by atoms with Crippen molar-refractivity contribution in [2.45, 2.75) is 38.5 Å². The summed E-state index contributed by atoms with van der Waals surface area (Å²) in [6, 6.07) is 36.3. The second-order valence-corrected chi connectivity index (χ2v) is 11.0. The second kappa shape index (κ2) is 6.48. The molecule has 0 radical (unpaired) electrons. The molecule has 0 heterocycles. The molecule has 34 heavy (non-hydrogen) atoms. The maximum absolute atomic E-state index is 2.42. The second-order valence-electron chi connectivity index (χ2n) is 11.0. The first-order chi connectivity index (χ1) is 16.4. The van der Waals surface area contributed by atoms with Crippen LogP contribution in [0.3, 0.4) is 0 Å². The summed E-state index contributed by atoms with van der Waals surface area (Å²) in [5.41, 5.74) is 13.9. The van der Waals surface area contributed by atoms with Gasteiger partial charge in [0.15, 0.2) is 0 Å². The zero-order valence-electron chi connectivity index (χ0n) is 20.2. The average Bonchev–Trinajstić information content (AvgIpc) is 3.24. The maximum atomic E-state index is 2.42. The highest BCUT2D eigenvalue weighted by Gasteiger charge is 2.39. The Labute approximate surface area is 201 Å². The molecule has 5 aromatic rings. The summed E-state index contributed by atoms with van der Waals surface area (Å²) in [7, 11) is 0. The van der Waals surface area contributed by atoms with E-state index in [1.807, 2.05) is 0 Å². The summed E-state index contributed by atoms with van der Waals surface area (Å²) in [5.74, 6) is 0. The van der Waals surface area contributed by atoms with Crippen molar-refractivity contribution in [3.05, 3.63) is 119 Å². The fraction of sp³-hybridized carbons (Fsp3) is 0.176. The van der Waals surface area contributed by atoms with Gasteiger partial charge in [0.2, 0.25) is 0 Å². The molecule has 0 saturated carbocycles. The van der Waals surface area contributed by atoms with Crippen molar-refractivity contribution in [3.63, 3.8) is 0 Å². The van der Waals surface area contributed by atoms with Crippen LogP contribution in [0, 0.1) is 0 Å². The smallest absolute Gasteiger partial charge is 0.0159 e. The van der Waals surface area contributed by atoms with E-state index in [0.717, 1.165) is 0 Å². The van der Waals surface area contributed by atoms with Gasteiger partial charge in [-0.25, -0.2) is 0 Å². The van der Waals surface area contributed by atoms with Gasteiger partial charge in [-0.1, -0.05) is 119 Å². The number of rotatable bonds is 1. The van der Waals surface area contributed by atoms with Gasteiger partial charge in [-0.2, -0.15) is 0 Å². The fourth-order valence-corrected chi connectivity index (χ4v) is 6.65. The van der Waals surface area contributed by atoms with E-state index in [2.05, 4.69) is 125 Å². The Balaban J connectivity index is 1.52. The molecule has 0 spiro atoms. The first-order valence-electron chi connectivity index (χ1n) is 12.3. The molecule has 0 aliphatic heterocycles. The molecule has 0 unspecified atom stereocenters. The molecule has 0 saturated heterocycles. The van der Waals surface area contributed by atoms with E-state index in [9.17, 15) is 0 Å². The van der Waals surface area contributed by atoms with Crippen LogP contribution in [0.2, 0.25) is 0 Å². The highest BCUT2D eigenvalue weighted by Crippen LogP contribution is 2.56. The molecule has 0 N–H and O–H groups in total. The zero-order valence-corrected chi connectivity index (χ0v) is 20.2. The summed E-state index contributed by atoms with van der Waals surface area (Å²) in [4.78, 5) is 0. The molecule has 2 aliphatic rings. The first kappa shape index (κ1) is 19.8. The summed E-state index contributed by atoms with van der Waals surface area (Å²) >= 11 is 0. The quantitative estimate of drug-likeness (QED) is 0.246. The fourth-order valence-electron chi connectivity index (χ4n) is 6.65. The highest BCUT2D eigenvalue weighted by molar-refractivity contribution is 6.10. The Morgan fingerprint density at radius 3 is 1.65 bits per heavy atom. The van der Waals surface area contributed by atoms with Gasteiger partial charge in [0.1, 0.15) is 0 Å². The maximum Gasteiger partial charge on any atom is 0.0159 e. The summed E-state index contributed by atoms with van der Waals surface area (Å²) < 4.78 is 0. The van der Waals surface area contributed by atoms with Crippen molar-refractivity contribution in [2.75, 3.05) is 0 Å². The van der Waals surface area contributed by atoms with Crippen molar-refractivity contribution < 1.29 is 0 Å². The van der Waals surface area contributed by atoms with Crippen LogP contribution in [0.25, 0.3) is 44.2 Å². The molecular weight excluding hydrogens is 408 g/mol.